The molecule has 1 N–H and O–H groups in total. The summed E-state index contributed by atoms with van der Waals surface area (Å²) < 4.78 is 2.06. The summed E-state index contributed by atoms with van der Waals surface area (Å²) >= 11 is 0. The van der Waals surface area contributed by atoms with Gasteiger partial charge in [0.15, 0.2) is 0 Å². The van der Waals surface area contributed by atoms with Crippen molar-refractivity contribution in [2.45, 2.75) is 58.5 Å². The Morgan fingerprint density at radius 2 is 2.07 bits per heavy atom. The van der Waals surface area contributed by atoms with Crippen molar-refractivity contribution in [1.29, 1.82) is 0 Å². The van der Waals surface area contributed by atoms with Gasteiger partial charge in [-0.1, -0.05) is 31.2 Å². The van der Waals surface area contributed by atoms with Gasteiger partial charge in [0.1, 0.15) is 17.8 Å². The molecule has 7 nitrogen and oxygen atoms in total. The van der Waals surface area contributed by atoms with Crippen molar-refractivity contribution in [3.05, 3.63) is 53.7 Å². The van der Waals surface area contributed by atoms with Crippen LogP contribution in [0.2, 0.25) is 0 Å². The first-order valence-electron chi connectivity index (χ1n) is 10.5. The van der Waals surface area contributed by atoms with Gasteiger partial charge in [0.25, 0.3) is 5.91 Å². The van der Waals surface area contributed by atoms with Crippen LogP contribution in [0.4, 0.5) is 0 Å². The molecule has 1 saturated heterocycles. The lowest BCUT2D eigenvalue weighted by Crippen LogP contribution is -2.36. The maximum absolute atomic E-state index is 13.1. The molecule has 1 unspecified atom stereocenters. The highest BCUT2D eigenvalue weighted by Crippen LogP contribution is 2.25. The van der Waals surface area contributed by atoms with Crippen LogP contribution in [0, 0.1) is 0 Å². The second kappa shape index (κ2) is 8.59. The molecule has 4 rings (SSSR count). The monoisotopic (exact) mass is 392 g/mol. The van der Waals surface area contributed by atoms with Crippen LogP contribution >= 0.6 is 0 Å². The van der Waals surface area contributed by atoms with Crippen molar-refractivity contribution in [2.24, 2.45) is 0 Å². The minimum absolute atomic E-state index is 0.0355. The molecular formula is C22H28N6O. The third kappa shape index (κ3) is 4.09. The predicted molar refractivity (Wildman–Crippen MR) is 111 cm³/mol. The molecule has 3 heterocycles. The smallest absolute Gasteiger partial charge is 0.272 e. The highest BCUT2D eigenvalue weighted by molar-refractivity contribution is 5.93. The topological polar surface area (TPSA) is 79.7 Å². The van der Waals surface area contributed by atoms with E-state index < -0.39 is 0 Å². The fraction of sp³-hybridized carbons (Fsp3) is 0.455. The van der Waals surface area contributed by atoms with Gasteiger partial charge >= 0.3 is 0 Å². The number of hydrogen-bond donors (Lipinski definition) is 1. The molecular weight excluding hydrogens is 364 g/mol. The van der Waals surface area contributed by atoms with Gasteiger partial charge in [0.05, 0.1) is 5.69 Å². The standard InChI is InChI=1S/C22H28N6O/c1-3-16-7-9-17(10-8-16)19-14-20(25-24-19)22(29)28-13-5-6-18(28)11-12-21-26-23-15-27(21)4-2/h7-10,14-15,18H,3-6,11-13H2,1-2H3,(H,24,25). The van der Waals surface area contributed by atoms with Gasteiger partial charge in [0.2, 0.25) is 0 Å². The number of nitrogens with one attached hydrogen (secondary N) is 1. The first-order valence-corrected chi connectivity index (χ1v) is 10.5. The number of hydrogen-bond acceptors (Lipinski definition) is 4. The molecule has 152 valence electrons. The number of carbonyl (C=O) groups excluding carboxylic acids is 1. The summed E-state index contributed by atoms with van der Waals surface area (Å²) in [4.78, 5) is 15.1. The summed E-state index contributed by atoms with van der Waals surface area (Å²) in [5.41, 5.74) is 3.68. The molecule has 0 radical (unpaired) electrons. The molecule has 1 atom stereocenters. The Bertz CT molecular complexity index is 958. The SMILES string of the molecule is CCc1ccc(-c2cc(C(=O)N3CCCC3CCc3nncn3CC)[nH]n2)cc1. The number of likely N-dealkylation sites (tertiary alicyclic amines) is 1. The number of H-pyrrole nitrogens is 1. The largest absolute Gasteiger partial charge is 0.334 e. The van der Waals surface area contributed by atoms with E-state index in [1.807, 2.05) is 11.0 Å². The van der Waals surface area contributed by atoms with Crippen LogP contribution in [0.3, 0.4) is 0 Å². The summed E-state index contributed by atoms with van der Waals surface area (Å²) in [6.07, 6.45) is 6.59. The number of carbonyl (C=O) groups is 1. The lowest BCUT2D eigenvalue weighted by molar-refractivity contribution is 0.0724. The second-order valence-electron chi connectivity index (χ2n) is 7.58. The Kier molecular flexibility index (Phi) is 5.74. The van der Waals surface area contributed by atoms with E-state index in [1.165, 1.54) is 5.56 Å². The molecule has 0 saturated carbocycles. The highest BCUT2D eigenvalue weighted by Gasteiger charge is 2.30. The molecule has 1 fully saturated rings. The third-order valence-electron chi connectivity index (χ3n) is 5.84. The molecule has 1 aliphatic rings. The van der Waals surface area contributed by atoms with Crippen LogP contribution in [0.25, 0.3) is 11.3 Å². The fourth-order valence-corrected chi connectivity index (χ4v) is 4.08. The summed E-state index contributed by atoms with van der Waals surface area (Å²) in [6.45, 7) is 5.89. The van der Waals surface area contributed by atoms with Gasteiger partial charge in [-0.2, -0.15) is 5.10 Å². The second-order valence-corrected chi connectivity index (χ2v) is 7.58. The normalized spacial score (nSPS) is 16.5. The first kappa shape index (κ1) is 19.4. The Balaban J connectivity index is 1.43. The number of amides is 1. The summed E-state index contributed by atoms with van der Waals surface area (Å²) in [7, 11) is 0. The van der Waals surface area contributed by atoms with Crippen LogP contribution in [0.15, 0.2) is 36.7 Å². The Hall–Kier alpha value is -2.96. The average molecular weight is 393 g/mol. The maximum Gasteiger partial charge on any atom is 0.272 e. The van der Waals surface area contributed by atoms with Crippen LogP contribution in [-0.4, -0.2) is 48.4 Å². The van der Waals surface area contributed by atoms with Crippen molar-refractivity contribution in [2.75, 3.05) is 6.54 Å². The fourth-order valence-electron chi connectivity index (χ4n) is 4.08. The minimum atomic E-state index is 0.0355. The van der Waals surface area contributed by atoms with E-state index in [4.69, 9.17) is 0 Å². The lowest BCUT2D eigenvalue weighted by Gasteiger charge is -2.24. The van der Waals surface area contributed by atoms with Gasteiger partial charge in [-0.25, -0.2) is 0 Å². The quantitative estimate of drug-likeness (QED) is 0.667. The van der Waals surface area contributed by atoms with E-state index in [1.54, 1.807) is 6.33 Å². The third-order valence-corrected chi connectivity index (χ3v) is 5.84. The van der Waals surface area contributed by atoms with Crippen LogP contribution in [-0.2, 0) is 19.4 Å². The van der Waals surface area contributed by atoms with Crippen molar-refractivity contribution < 1.29 is 4.79 Å². The van der Waals surface area contributed by atoms with Gasteiger partial charge < -0.3 is 9.47 Å². The van der Waals surface area contributed by atoms with Gasteiger partial charge in [-0.3, -0.25) is 9.89 Å². The maximum atomic E-state index is 13.1. The summed E-state index contributed by atoms with van der Waals surface area (Å²) in [6, 6.07) is 10.4. The summed E-state index contributed by atoms with van der Waals surface area (Å²) in [5, 5.41) is 15.5. The van der Waals surface area contributed by atoms with E-state index in [9.17, 15) is 4.79 Å². The molecule has 3 aromatic rings. The number of benzene rings is 1. The van der Waals surface area contributed by atoms with Crippen molar-refractivity contribution in [3.8, 4) is 11.3 Å². The molecule has 1 amide bonds. The van der Waals surface area contributed by atoms with E-state index in [-0.39, 0.29) is 11.9 Å². The van der Waals surface area contributed by atoms with Crippen molar-refractivity contribution in [3.63, 3.8) is 0 Å². The lowest BCUT2D eigenvalue weighted by atomic mass is 10.1. The van der Waals surface area contributed by atoms with Crippen LogP contribution < -0.4 is 0 Å². The van der Waals surface area contributed by atoms with Gasteiger partial charge in [-0.15, -0.1) is 10.2 Å². The molecule has 0 spiro atoms. The van der Waals surface area contributed by atoms with E-state index in [2.05, 4.69) is 63.1 Å². The molecule has 29 heavy (non-hydrogen) atoms. The Morgan fingerprint density at radius 1 is 1.24 bits per heavy atom. The Labute approximate surface area is 171 Å². The zero-order valence-electron chi connectivity index (χ0n) is 17.1. The number of aryl methyl sites for hydroxylation is 3. The first-order chi connectivity index (χ1) is 14.2. The highest BCUT2D eigenvalue weighted by atomic mass is 16.2. The zero-order valence-corrected chi connectivity index (χ0v) is 17.1. The van der Waals surface area contributed by atoms with Crippen molar-refractivity contribution in [1.82, 2.24) is 29.9 Å². The van der Waals surface area contributed by atoms with E-state index in [0.29, 0.717) is 5.69 Å². The molecule has 7 heteroatoms. The van der Waals surface area contributed by atoms with Gasteiger partial charge in [0, 0.05) is 31.1 Å². The number of aromatic nitrogens is 5. The van der Waals surface area contributed by atoms with Gasteiger partial charge in [-0.05, 0) is 44.2 Å². The number of rotatable bonds is 7. The van der Waals surface area contributed by atoms with E-state index >= 15 is 0 Å². The molecule has 1 aromatic carbocycles. The zero-order chi connectivity index (χ0) is 20.2. The molecule has 0 bridgehead atoms. The van der Waals surface area contributed by atoms with Crippen LogP contribution in [0.5, 0.6) is 0 Å². The van der Waals surface area contributed by atoms with E-state index in [0.717, 1.165) is 62.3 Å². The summed E-state index contributed by atoms with van der Waals surface area (Å²) in [5.74, 6) is 1.03. The van der Waals surface area contributed by atoms with Crippen molar-refractivity contribution >= 4 is 5.91 Å². The number of aromatic amines is 1. The molecule has 1 aliphatic heterocycles. The van der Waals surface area contributed by atoms with Crippen LogP contribution in [0.1, 0.15) is 55.0 Å². The molecule has 0 aliphatic carbocycles. The Morgan fingerprint density at radius 3 is 2.83 bits per heavy atom. The number of nitrogens with zero attached hydrogens (tertiary/aromatic N) is 5. The predicted octanol–water partition coefficient (Wildman–Crippen LogP) is 3.49. The average Bonchev–Trinajstić information content (AvgIpc) is 3.52. The minimum Gasteiger partial charge on any atom is -0.334 e. The molecule has 2 aromatic heterocycles.